The van der Waals surface area contributed by atoms with E-state index in [1.807, 2.05) is 38.1 Å². The van der Waals surface area contributed by atoms with Gasteiger partial charge in [-0.3, -0.25) is 0 Å². The van der Waals surface area contributed by atoms with E-state index in [0.717, 1.165) is 22.4 Å². The lowest BCUT2D eigenvalue weighted by Gasteiger charge is -2.14. The van der Waals surface area contributed by atoms with E-state index in [9.17, 15) is 8.42 Å². The van der Waals surface area contributed by atoms with Crippen LogP contribution in [0.5, 0.6) is 0 Å². The summed E-state index contributed by atoms with van der Waals surface area (Å²) in [5, 5.41) is 8.42. The van der Waals surface area contributed by atoms with Crippen molar-refractivity contribution in [2.45, 2.75) is 25.3 Å². The van der Waals surface area contributed by atoms with Crippen LogP contribution >= 0.6 is 0 Å². The summed E-state index contributed by atoms with van der Waals surface area (Å²) >= 11 is 0. The van der Waals surface area contributed by atoms with Gasteiger partial charge in [0.15, 0.2) is 0 Å². The Kier molecular flexibility index (Phi) is 4.20. The van der Waals surface area contributed by atoms with Crippen molar-refractivity contribution in [3.63, 3.8) is 0 Å². The highest BCUT2D eigenvalue weighted by Gasteiger charge is 2.12. The van der Waals surface area contributed by atoms with Gasteiger partial charge < -0.3 is 11.1 Å². The third-order valence-electron chi connectivity index (χ3n) is 3.49. The summed E-state index contributed by atoms with van der Waals surface area (Å²) in [7, 11) is -3.72. The third-order valence-corrected chi connectivity index (χ3v) is 4.39. The lowest BCUT2D eigenvalue weighted by atomic mass is 10.1. The molecule has 5 nitrogen and oxygen atoms in total. The molecule has 0 fully saturated rings. The molecule has 0 bridgehead atoms. The fraction of sp³-hybridized carbons (Fsp3) is 0.200. The minimum Gasteiger partial charge on any atom is -0.398 e. The predicted octanol–water partition coefficient (Wildman–Crippen LogP) is 2.15. The number of primary sulfonamides is 1. The highest BCUT2D eigenvalue weighted by Crippen LogP contribution is 2.24. The van der Waals surface area contributed by atoms with E-state index >= 15 is 0 Å². The van der Waals surface area contributed by atoms with Crippen LogP contribution in [0, 0.1) is 13.8 Å². The summed E-state index contributed by atoms with van der Waals surface area (Å²) in [6.45, 7) is 4.30. The van der Waals surface area contributed by atoms with Crippen molar-refractivity contribution < 1.29 is 8.42 Å². The van der Waals surface area contributed by atoms with Crippen LogP contribution in [-0.4, -0.2) is 8.42 Å². The van der Waals surface area contributed by atoms with Crippen molar-refractivity contribution in [2.24, 2.45) is 5.14 Å². The molecule has 2 aromatic carbocycles. The highest BCUT2D eigenvalue weighted by molar-refractivity contribution is 7.89. The summed E-state index contributed by atoms with van der Waals surface area (Å²) in [5.74, 6) is 0. The molecule has 2 rings (SSSR count). The molecule has 21 heavy (non-hydrogen) atoms. The van der Waals surface area contributed by atoms with Gasteiger partial charge >= 0.3 is 0 Å². The highest BCUT2D eigenvalue weighted by atomic mass is 32.2. The van der Waals surface area contributed by atoms with Gasteiger partial charge in [-0.1, -0.05) is 18.2 Å². The van der Waals surface area contributed by atoms with E-state index < -0.39 is 10.0 Å². The smallest absolute Gasteiger partial charge is 0.238 e. The van der Waals surface area contributed by atoms with Crippen LogP contribution in [0.2, 0.25) is 0 Å². The SMILES string of the molecule is Cc1cc(S(N)(=O)=O)cc(NCc2ccccc2N)c1C. The molecule has 2 aromatic rings. The lowest BCUT2D eigenvalue weighted by Crippen LogP contribution is -2.13. The second-order valence-electron chi connectivity index (χ2n) is 5.01. The summed E-state index contributed by atoms with van der Waals surface area (Å²) < 4.78 is 23.0. The number of hydrogen-bond donors (Lipinski definition) is 3. The van der Waals surface area contributed by atoms with Gasteiger partial charge in [-0.15, -0.1) is 0 Å². The maximum absolute atomic E-state index is 11.5. The molecule has 0 unspecified atom stereocenters. The Morgan fingerprint density at radius 1 is 1.14 bits per heavy atom. The van der Waals surface area contributed by atoms with E-state index in [4.69, 9.17) is 10.9 Å². The standard InChI is InChI=1S/C15H19N3O2S/c1-10-7-13(21(17,19)20)8-15(11(10)2)18-9-12-5-3-4-6-14(12)16/h3-8,18H,9,16H2,1-2H3,(H2,17,19,20). The number of para-hydroxylation sites is 1. The summed E-state index contributed by atoms with van der Waals surface area (Å²) in [6, 6.07) is 10.7. The minimum atomic E-state index is -3.72. The van der Waals surface area contributed by atoms with Gasteiger partial charge in [-0.05, 0) is 48.7 Å². The van der Waals surface area contributed by atoms with Gasteiger partial charge in [0, 0.05) is 17.9 Å². The van der Waals surface area contributed by atoms with Crippen LogP contribution in [0.1, 0.15) is 16.7 Å². The van der Waals surface area contributed by atoms with Gasteiger partial charge in [-0.25, -0.2) is 13.6 Å². The fourth-order valence-electron chi connectivity index (χ4n) is 2.06. The summed E-state index contributed by atoms with van der Waals surface area (Å²) in [6.07, 6.45) is 0. The molecule has 5 N–H and O–H groups in total. The van der Waals surface area contributed by atoms with Gasteiger partial charge in [0.1, 0.15) is 0 Å². The van der Waals surface area contributed by atoms with Gasteiger partial charge in [0.25, 0.3) is 0 Å². The molecule has 0 atom stereocenters. The normalized spacial score (nSPS) is 11.4. The quantitative estimate of drug-likeness (QED) is 0.754. The molecule has 0 spiro atoms. The summed E-state index contributed by atoms with van der Waals surface area (Å²) in [5.41, 5.74) is 10.1. The van der Waals surface area contributed by atoms with Gasteiger partial charge in [-0.2, -0.15) is 0 Å². The average molecular weight is 305 g/mol. The topological polar surface area (TPSA) is 98.2 Å². The second kappa shape index (κ2) is 5.75. The Bertz CT molecular complexity index is 770. The maximum atomic E-state index is 11.5. The fourth-order valence-corrected chi connectivity index (χ4v) is 2.68. The van der Waals surface area contributed by atoms with E-state index in [1.54, 1.807) is 12.1 Å². The van der Waals surface area contributed by atoms with Crippen LogP contribution in [-0.2, 0) is 16.6 Å². The number of nitrogens with two attached hydrogens (primary N) is 2. The van der Waals surface area contributed by atoms with E-state index in [-0.39, 0.29) is 4.90 Å². The Morgan fingerprint density at radius 3 is 2.43 bits per heavy atom. The van der Waals surface area contributed by atoms with Crippen molar-refractivity contribution >= 4 is 21.4 Å². The number of hydrogen-bond acceptors (Lipinski definition) is 4. The number of nitrogen functional groups attached to an aromatic ring is 1. The molecule has 6 heteroatoms. The molecule has 0 aliphatic rings. The van der Waals surface area contributed by atoms with Crippen LogP contribution in [0.15, 0.2) is 41.3 Å². The first-order valence-electron chi connectivity index (χ1n) is 6.50. The molecule has 0 aliphatic heterocycles. The molecule has 0 aromatic heterocycles. The number of rotatable bonds is 4. The van der Waals surface area contributed by atoms with Crippen molar-refractivity contribution in [1.82, 2.24) is 0 Å². The number of nitrogens with one attached hydrogen (secondary N) is 1. The molecular formula is C15H19N3O2S. The maximum Gasteiger partial charge on any atom is 0.238 e. The Balaban J connectivity index is 2.32. The summed E-state index contributed by atoms with van der Waals surface area (Å²) in [4.78, 5) is 0.106. The van der Waals surface area contributed by atoms with E-state index in [0.29, 0.717) is 12.2 Å². The van der Waals surface area contributed by atoms with Crippen LogP contribution < -0.4 is 16.2 Å². The minimum absolute atomic E-state index is 0.106. The molecule has 0 radical (unpaired) electrons. The number of benzene rings is 2. The van der Waals surface area contributed by atoms with Crippen molar-refractivity contribution in [3.05, 3.63) is 53.1 Å². The van der Waals surface area contributed by atoms with Crippen LogP contribution in [0.25, 0.3) is 0 Å². The zero-order valence-corrected chi connectivity index (χ0v) is 12.9. The molecule has 0 saturated carbocycles. The first-order chi connectivity index (χ1) is 9.79. The third kappa shape index (κ3) is 3.53. The number of anilines is 2. The van der Waals surface area contributed by atoms with Crippen molar-refractivity contribution in [1.29, 1.82) is 0 Å². The van der Waals surface area contributed by atoms with E-state index in [2.05, 4.69) is 5.32 Å². The Morgan fingerprint density at radius 2 is 1.81 bits per heavy atom. The number of aryl methyl sites for hydroxylation is 1. The zero-order valence-electron chi connectivity index (χ0n) is 12.1. The van der Waals surface area contributed by atoms with Gasteiger partial charge in [0.05, 0.1) is 4.90 Å². The second-order valence-corrected chi connectivity index (χ2v) is 6.57. The molecular weight excluding hydrogens is 286 g/mol. The first-order valence-corrected chi connectivity index (χ1v) is 8.05. The number of sulfonamides is 1. The van der Waals surface area contributed by atoms with Crippen molar-refractivity contribution in [3.8, 4) is 0 Å². The monoisotopic (exact) mass is 305 g/mol. The lowest BCUT2D eigenvalue weighted by molar-refractivity contribution is 0.597. The molecule has 112 valence electrons. The van der Waals surface area contributed by atoms with Gasteiger partial charge in [0.2, 0.25) is 10.0 Å². The Labute approximate surface area is 125 Å². The van der Waals surface area contributed by atoms with Crippen LogP contribution in [0.4, 0.5) is 11.4 Å². The van der Waals surface area contributed by atoms with Crippen LogP contribution in [0.3, 0.4) is 0 Å². The van der Waals surface area contributed by atoms with E-state index in [1.165, 1.54) is 0 Å². The predicted molar refractivity (Wildman–Crippen MR) is 85.5 cm³/mol. The Hall–Kier alpha value is -2.05. The molecule has 0 heterocycles. The first kappa shape index (κ1) is 15.3. The largest absolute Gasteiger partial charge is 0.398 e. The zero-order chi connectivity index (χ0) is 15.6. The molecule has 0 aliphatic carbocycles. The molecule has 0 amide bonds. The molecule has 0 saturated heterocycles. The van der Waals surface area contributed by atoms with Crippen molar-refractivity contribution in [2.75, 3.05) is 11.1 Å². The average Bonchev–Trinajstić information content (AvgIpc) is 2.40.